The molecule has 3 heteroatoms. The maximum atomic E-state index is 5.30. The van der Waals surface area contributed by atoms with Gasteiger partial charge >= 0.3 is 0 Å². The van der Waals surface area contributed by atoms with E-state index in [-0.39, 0.29) is 6.04 Å². The lowest BCUT2D eigenvalue weighted by atomic mass is 10.1. The number of nitrogens with two attached hydrogens (primary N) is 1. The van der Waals surface area contributed by atoms with Crippen molar-refractivity contribution >= 4 is 0 Å². The van der Waals surface area contributed by atoms with Gasteiger partial charge in [-0.15, -0.1) is 6.42 Å². The maximum Gasteiger partial charge on any atom is 0.108 e. The molecule has 3 N–H and O–H groups in total. The van der Waals surface area contributed by atoms with Crippen molar-refractivity contribution in [2.75, 3.05) is 0 Å². The highest BCUT2D eigenvalue weighted by Crippen LogP contribution is 2.14. The molecule has 13 heavy (non-hydrogen) atoms. The zero-order chi connectivity index (χ0) is 9.84. The van der Waals surface area contributed by atoms with Crippen LogP contribution in [0.5, 0.6) is 0 Å². The molecule has 1 aromatic rings. The number of rotatable bonds is 2. The lowest BCUT2D eigenvalue weighted by Gasteiger charge is -2.11. The van der Waals surface area contributed by atoms with E-state index in [1.807, 2.05) is 26.0 Å². The number of pyridine rings is 1. The predicted octanol–water partition coefficient (Wildman–Crippen LogP) is 0.836. The summed E-state index contributed by atoms with van der Waals surface area (Å²) >= 11 is 0. The molecule has 1 unspecified atom stereocenters. The average Bonchev–Trinajstić information content (AvgIpc) is 2.10. The normalized spacial score (nSPS) is 12.2. The van der Waals surface area contributed by atoms with Gasteiger partial charge in [-0.05, 0) is 19.9 Å². The molecule has 0 aliphatic rings. The van der Waals surface area contributed by atoms with E-state index in [9.17, 15) is 0 Å². The summed E-state index contributed by atoms with van der Waals surface area (Å²) in [6, 6.07) is 3.61. The molecule has 3 nitrogen and oxygen atoms in total. The molecular formula is C10H13N3. The van der Waals surface area contributed by atoms with E-state index < -0.39 is 0 Å². The molecule has 0 fully saturated rings. The SMILES string of the molecule is C#CC(NN)c1ccc(C)nc1C. The smallest absolute Gasteiger partial charge is 0.108 e. The lowest BCUT2D eigenvalue weighted by Crippen LogP contribution is -2.27. The van der Waals surface area contributed by atoms with E-state index in [1.165, 1.54) is 0 Å². The van der Waals surface area contributed by atoms with Crippen molar-refractivity contribution in [2.24, 2.45) is 5.84 Å². The number of aryl methyl sites for hydroxylation is 2. The minimum absolute atomic E-state index is 0.256. The van der Waals surface area contributed by atoms with Crippen molar-refractivity contribution in [3.05, 3.63) is 29.1 Å². The Morgan fingerprint density at radius 3 is 2.69 bits per heavy atom. The van der Waals surface area contributed by atoms with Gasteiger partial charge in [0.2, 0.25) is 0 Å². The van der Waals surface area contributed by atoms with Crippen molar-refractivity contribution in [2.45, 2.75) is 19.9 Å². The van der Waals surface area contributed by atoms with E-state index in [0.717, 1.165) is 17.0 Å². The minimum Gasteiger partial charge on any atom is -0.270 e. The molecule has 0 aromatic carbocycles. The fourth-order valence-electron chi connectivity index (χ4n) is 1.23. The van der Waals surface area contributed by atoms with Gasteiger partial charge in [-0.2, -0.15) is 0 Å². The quantitative estimate of drug-likeness (QED) is 0.398. The molecule has 1 heterocycles. The highest BCUT2D eigenvalue weighted by Gasteiger charge is 2.08. The molecular weight excluding hydrogens is 162 g/mol. The maximum absolute atomic E-state index is 5.30. The number of nitrogens with one attached hydrogen (secondary N) is 1. The summed E-state index contributed by atoms with van der Waals surface area (Å²) < 4.78 is 0. The van der Waals surface area contributed by atoms with Crippen LogP contribution in [0.3, 0.4) is 0 Å². The largest absolute Gasteiger partial charge is 0.270 e. The van der Waals surface area contributed by atoms with Crippen LogP contribution < -0.4 is 11.3 Å². The van der Waals surface area contributed by atoms with Gasteiger partial charge in [-0.3, -0.25) is 10.8 Å². The summed E-state index contributed by atoms with van der Waals surface area (Å²) in [6.45, 7) is 3.86. The van der Waals surface area contributed by atoms with E-state index in [4.69, 9.17) is 12.3 Å². The van der Waals surface area contributed by atoms with Gasteiger partial charge in [-0.25, -0.2) is 5.43 Å². The first-order valence-corrected chi connectivity index (χ1v) is 4.05. The summed E-state index contributed by atoms with van der Waals surface area (Å²) in [5.41, 5.74) is 5.40. The Hall–Kier alpha value is -1.37. The fourth-order valence-corrected chi connectivity index (χ4v) is 1.23. The lowest BCUT2D eigenvalue weighted by molar-refractivity contribution is 0.666. The Morgan fingerprint density at radius 1 is 1.54 bits per heavy atom. The van der Waals surface area contributed by atoms with Crippen molar-refractivity contribution < 1.29 is 0 Å². The molecule has 68 valence electrons. The van der Waals surface area contributed by atoms with Gasteiger partial charge in [0, 0.05) is 17.0 Å². The van der Waals surface area contributed by atoms with Crippen LogP contribution in [0, 0.1) is 26.2 Å². The van der Waals surface area contributed by atoms with Crippen LogP contribution in [0.2, 0.25) is 0 Å². The van der Waals surface area contributed by atoms with Crippen LogP contribution in [-0.4, -0.2) is 4.98 Å². The van der Waals surface area contributed by atoms with Crippen LogP contribution in [-0.2, 0) is 0 Å². The third-order valence-corrected chi connectivity index (χ3v) is 1.91. The summed E-state index contributed by atoms with van der Waals surface area (Å²) in [5.74, 6) is 7.85. The summed E-state index contributed by atoms with van der Waals surface area (Å²) in [5, 5.41) is 0. The van der Waals surface area contributed by atoms with Gasteiger partial charge in [0.25, 0.3) is 0 Å². The zero-order valence-electron chi connectivity index (χ0n) is 7.83. The summed E-state index contributed by atoms with van der Waals surface area (Å²) in [7, 11) is 0. The molecule has 0 bridgehead atoms. The van der Waals surface area contributed by atoms with Gasteiger partial charge < -0.3 is 0 Å². The van der Waals surface area contributed by atoms with Crippen LogP contribution in [0.4, 0.5) is 0 Å². The number of terminal acetylenes is 1. The monoisotopic (exact) mass is 175 g/mol. The zero-order valence-corrected chi connectivity index (χ0v) is 7.83. The molecule has 1 atom stereocenters. The van der Waals surface area contributed by atoms with Crippen molar-refractivity contribution in [1.29, 1.82) is 0 Å². The molecule has 0 spiro atoms. The van der Waals surface area contributed by atoms with Crippen molar-refractivity contribution in [1.82, 2.24) is 10.4 Å². The van der Waals surface area contributed by atoms with Crippen LogP contribution in [0.25, 0.3) is 0 Å². The van der Waals surface area contributed by atoms with Gasteiger partial charge in [-0.1, -0.05) is 12.0 Å². The molecule has 0 radical (unpaired) electrons. The van der Waals surface area contributed by atoms with Gasteiger partial charge in [0.15, 0.2) is 0 Å². The van der Waals surface area contributed by atoms with Gasteiger partial charge in [0.1, 0.15) is 6.04 Å². The topological polar surface area (TPSA) is 50.9 Å². The molecule has 0 amide bonds. The third kappa shape index (κ3) is 2.05. The standard InChI is InChI=1S/C10H13N3/c1-4-10(13-11)9-6-5-7(2)12-8(9)3/h1,5-6,10,13H,11H2,2-3H3. The Morgan fingerprint density at radius 2 is 2.23 bits per heavy atom. The first-order chi connectivity index (χ1) is 6.19. The number of hydrazine groups is 1. The highest BCUT2D eigenvalue weighted by atomic mass is 15.2. The Kier molecular flexibility index (Phi) is 3.02. The first-order valence-electron chi connectivity index (χ1n) is 4.05. The van der Waals surface area contributed by atoms with E-state index in [1.54, 1.807) is 0 Å². The molecule has 1 aromatic heterocycles. The minimum atomic E-state index is -0.256. The molecule has 0 aliphatic heterocycles. The molecule has 0 aliphatic carbocycles. The summed E-state index contributed by atoms with van der Waals surface area (Å²) in [6.07, 6.45) is 5.30. The number of hydrogen-bond donors (Lipinski definition) is 2. The Balaban J connectivity index is 3.09. The van der Waals surface area contributed by atoms with Gasteiger partial charge in [0.05, 0.1) is 0 Å². The summed E-state index contributed by atoms with van der Waals surface area (Å²) in [4.78, 5) is 4.30. The van der Waals surface area contributed by atoms with Crippen LogP contribution >= 0.6 is 0 Å². The number of aromatic nitrogens is 1. The number of nitrogens with zero attached hydrogens (tertiary/aromatic N) is 1. The van der Waals surface area contributed by atoms with Crippen molar-refractivity contribution in [3.63, 3.8) is 0 Å². The van der Waals surface area contributed by atoms with Crippen molar-refractivity contribution in [3.8, 4) is 12.3 Å². The second kappa shape index (κ2) is 4.04. The molecule has 0 saturated heterocycles. The second-order valence-electron chi connectivity index (χ2n) is 2.89. The van der Waals surface area contributed by atoms with Crippen LogP contribution in [0.15, 0.2) is 12.1 Å². The van der Waals surface area contributed by atoms with Crippen LogP contribution in [0.1, 0.15) is 23.0 Å². The predicted molar refractivity (Wildman–Crippen MR) is 52.6 cm³/mol. The van der Waals surface area contributed by atoms with E-state index in [0.29, 0.717) is 0 Å². The highest BCUT2D eigenvalue weighted by molar-refractivity contribution is 5.29. The second-order valence-corrected chi connectivity index (χ2v) is 2.89. The number of hydrogen-bond acceptors (Lipinski definition) is 3. The first kappa shape index (κ1) is 9.72. The average molecular weight is 175 g/mol. The molecule has 1 rings (SSSR count). The fraction of sp³-hybridized carbons (Fsp3) is 0.300. The van der Waals surface area contributed by atoms with E-state index in [2.05, 4.69) is 16.3 Å². The Bertz CT molecular complexity index is 339. The molecule has 0 saturated carbocycles. The van der Waals surface area contributed by atoms with E-state index >= 15 is 0 Å². The Labute approximate surface area is 78.3 Å². The third-order valence-electron chi connectivity index (χ3n) is 1.91.